The van der Waals surface area contributed by atoms with Gasteiger partial charge < -0.3 is 18.9 Å². The van der Waals surface area contributed by atoms with Gasteiger partial charge in [-0.05, 0) is 51.8 Å². The summed E-state index contributed by atoms with van der Waals surface area (Å²) in [7, 11) is 4.55. The molecular formula is C30H24Br2N4O6S. The van der Waals surface area contributed by atoms with Gasteiger partial charge in [-0.3, -0.25) is 15.0 Å². The van der Waals surface area contributed by atoms with Crippen LogP contribution in [0.3, 0.4) is 0 Å². The van der Waals surface area contributed by atoms with Gasteiger partial charge in [0.25, 0.3) is 5.91 Å². The van der Waals surface area contributed by atoms with Crippen molar-refractivity contribution in [1.82, 2.24) is 10.4 Å². The number of aliphatic imine (C=N–C) groups is 1. The molecule has 1 aliphatic heterocycles. The second-order valence-electron chi connectivity index (χ2n) is 8.93. The summed E-state index contributed by atoms with van der Waals surface area (Å²) in [6.07, 6.45) is 3.28. The molecule has 13 heteroatoms. The lowest BCUT2D eigenvalue weighted by Gasteiger charge is -2.29. The molecule has 0 bridgehead atoms. The number of ether oxygens (including phenoxy) is 4. The zero-order valence-corrected chi connectivity index (χ0v) is 27.3. The molecule has 0 saturated heterocycles. The molecule has 1 N–H and O–H groups in total. The molecule has 1 aromatic heterocycles. The van der Waals surface area contributed by atoms with Gasteiger partial charge in [-0.2, -0.15) is 0 Å². The highest BCUT2D eigenvalue weighted by atomic mass is 79.9. The van der Waals surface area contributed by atoms with E-state index in [2.05, 4.69) is 42.3 Å². The zero-order valence-electron chi connectivity index (χ0n) is 23.3. The van der Waals surface area contributed by atoms with Crippen molar-refractivity contribution >= 4 is 72.1 Å². The number of halogens is 2. The van der Waals surface area contributed by atoms with Gasteiger partial charge >= 0.3 is 5.97 Å². The Morgan fingerprint density at radius 3 is 2.28 bits per heavy atom. The predicted octanol–water partition coefficient (Wildman–Crippen LogP) is 6.63. The van der Waals surface area contributed by atoms with Crippen LogP contribution in [0.15, 0.2) is 80.4 Å². The third-order valence-electron chi connectivity index (χ3n) is 6.13. The first-order valence-electron chi connectivity index (χ1n) is 12.6. The molecule has 43 heavy (non-hydrogen) atoms. The van der Waals surface area contributed by atoms with Crippen LogP contribution < -0.4 is 29.4 Å². The van der Waals surface area contributed by atoms with E-state index in [0.29, 0.717) is 48.3 Å². The first-order chi connectivity index (χ1) is 20.7. The number of carbonyl (C=O) groups is 2. The third kappa shape index (κ3) is 6.43. The molecular weight excluding hydrogens is 704 g/mol. The van der Waals surface area contributed by atoms with Crippen LogP contribution >= 0.6 is 43.2 Å². The van der Waals surface area contributed by atoms with Crippen LogP contribution in [0.5, 0.6) is 23.0 Å². The summed E-state index contributed by atoms with van der Waals surface area (Å²) in [6.45, 7) is 1.30. The van der Waals surface area contributed by atoms with Crippen molar-refractivity contribution in [2.24, 2.45) is 4.99 Å². The SMILES string of the molecule is COc1cc(C2=N/C(=C\c3cc(Br)cc(Br)c3OC(C)=O)C(=O)NN2c2ncc(-c3ccccc3)s2)cc(OC)c1OC. The summed E-state index contributed by atoms with van der Waals surface area (Å²) in [5.41, 5.74) is 4.94. The van der Waals surface area contributed by atoms with E-state index in [-0.39, 0.29) is 11.4 Å². The van der Waals surface area contributed by atoms with E-state index in [1.807, 2.05) is 30.3 Å². The quantitative estimate of drug-likeness (QED) is 0.122. The van der Waals surface area contributed by atoms with E-state index >= 15 is 0 Å². The molecule has 0 radical (unpaired) electrons. The van der Waals surface area contributed by atoms with Crippen molar-refractivity contribution in [3.8, 4) is 33.4 Å². The molecule has 3 aromatic carbocycles. The zero-order chi connectivity index (χ0) is 30.7. The summed E-state index contributed by atoms with van der Waals surface area (Å²) in [5, 5.41) is 1.99. The molecule has 0 saturated carbocycles. The molecule has 0 unspecified atom stereocenters. The lowest BCUT2D eigenvalue weighted by molar-refractivity contribution is -0.132. The highest BCUT2D eigenvalue weighted by molar-refractivity contribution is 9.11. The van der Waals surface area contributed by atoms with Gasteiger partial charge in [-0.1, -0.05) is 57.6 Å². The van der Waals surface area contributed by atoms with Crippen LogP contribution in [0.4, 0.5) is 5.13 Å². The standard InChI is InChI=1S/C30H24Br2N4O6S/c1-16(37)42-26-18(10-20(31)14-21(26)32)11-22-29(38)35-36(30-33-15-25(43-30)17-8-6-5-7-9-17)28(34-22)19-12-23(39-2)27(41-4)24(13-19)40-3/h5-15H,1-4H3,(H,35,38)/b22-11-. The minimum atomic E-state index is -0.512. The Labute approximate surface area is 268 Å². The summed E-state index contributed by atoms with van der Waals surface area (Å²) >= 11 is 8.27. The molecule has 0 spiro atoms. The highest BCUT2D eigenvalue weighted by Crippen LogP contribution is 2.40. The molecule has 1 amide bonds. The number of anilines is 1. The summed E-state index contributed by atoms with van der Waals surface area (Å²) in [6, 6.07) is 16.7. The van der Waals surface area contributed by atoms with Crippen molar-refractivity contribution in [2.45, 2.75) is 6.92 Å². The Morgan fingerprint density at radius 2 is 1.65 bits per heavy atom. The number of methoxy groups -OCH3 is 3. The van der Waals surface area contributed by atoms with E-state index < -0.39 is 11.9 Å². The average Bonchev–Trinajstić information content (AvgIpc) is 3.49. The molecule has 5 rings (SSSR count). The van der Waals surface area contributed by atoms with Crippen LogP contribution in [0.25, 0.3) is 16.5 Å². The minimum absolute atomic E-state index is 0.0539. The number of amidine groups is 1. The van der Waals surface area contributed by atoms with E-state index in [0.717, 1.165) is 10.4 Å². The number of hydrogen-bond donors (Lipinski definition) is 1. The second kappa shape index (κ2) is 13.0. The Bertz CT molecular complexity index is 1750. The minimum Gasteiger partial charge on any atom is -0.493 e. The summed E-state index contributed by atoms with van der Waals surface area (Å²) in [5.74, 6) is 0.775. The number of hydrogen-bond acceptors (Lipinski definition) is 10. The number of thiazole rings is 1. The summed E-state index contributed by atoms with van der Waals surface area (Å²) in [4.78, 5) is 35.7. The lowest BCUT2D eigenvalue weighted by atomic mass is 10.1. The Balaban J connectivity index is 1.70. The molecule has 1 aliphatic rings. The monoisotopic (exact) mass is 726 g/mol. The van der Waals surface area contributed by atoms with Crippen LogP contribution in [0.1, 0.15) is 18.1 Å². The Kier molecular flexibility index (Phi) is 9.14. The van der Waals surface area contributed by atoms with E-state index in [1.54, 1.807) is 30.5 Å². The van der Waals surface area contributed by atoms with Gasteiger partial charge in [0.05, 0.1) is 30.7 Å². The van der Waals surface area contributed by atoms with Gasteiger partial charge in [-0.15, -0.1) is 0 Å². The molecule has 0 fully saturated rings. The van der Waals surface area contributed by atoms with Crippen molar-refractivity contribution in [2.75, 3.05) is 26.3 Å². The van der Waals surface area contributed by atoms with Gasteiger partial charge in [-0.25, -0.2) is 15.0 Å². The van der Waals surface area contributed by atoms with Gasteiger partial charge in [0.15, 0.2) is 23.1 Å². The fraction of sp³-hybridized carbons (Fsp3) is 0.133. The number of benzene rings is 3. The maximum absolute atomic E-state index is 13.5. The van der Waals surface area contributed by atoms with E-state index in [1.165, 1.54) is 50.7 Å². The maximum Gasteiger partial charge on any atom is 0.308 e. The lowest BCUT2D eigenvalue weighted by Crippen LogP contribution is -2.50. The largest absolute Gasteiger partial charge is 0.493 e. The molecule has 2 heterocycles. The van der Waals surface area contributed by atoms with Crippen LogP contribution in [0.2, 0.25) is 0 Å². The average molecular weight is 728 g/mol. The van der Waals surface area contributed by atoms with Crippen molar-refractivity contribution < 1.29 is 28.5 Å². The van der Waals surface area contributed by atoms with Gasteiger partial charge in [0.1, 0.15) is 5.70 Å². The Hall–Kier alpha value is -4.20. The number of esters is 1. The topological polar surface area (TPSA) is 112 Å². The van der Waals surface area contributed by atoms with Gasteiger partial charge in [0.2, 0.25) is 10.9 Å². The normalized spacial score (nSPS) is 13.8. The molecule has 0 atom stereocenters. The van der Waals surface area contributed by atoms with E-state index in [4.69, 9.17) is 23.9 Å². The van der Waals surface area contributed by atoms with Crippen LogP contribution in [-0.4, -0.2) is 44.0 Å². The number of amides is 1. The maximum atomic E-state index is 13.5. The smallest absolute Gasteiger partial charge is 0.308 e. The first kappa shape index (κ1) is 30.3. The van der Waals surface area contributed by atoms with Crippen molar-refractivity contribution in [1.29, 1.82) is 0 Å². The number of nitrogens with zero attached hydrogens (tertiary/aromatic N) is 3. The van der Waals surface area contributed by atoms with Crippen molar-refractivity contribution in [3.05, 3.63) is 86.6 Å². The van der Waals surface area contributed by atoms with Crippen molar-refractivity contribution in [3.63, 3.8) is 0 Å². The number of hydrazine groups is 1. The number of aromatic nitrogens is 1. The number of carbonyl (C=O) groups excluding carboxylic acids is 2. The first-order valence-corrected chi connectivity index (χ1v) is 15.0. The van der Waals surface area contributed by atoms with Crippen LogP contribution in [-0.2, 0) is 9.59 Å². The third-order valence-corrected chi connectivity index (χ3v) is 8.20. The molecule has 220 valence electrons. The summed E-state index contributed by atoms with van der Waals surface area (Å²) < 4.78 is 23.3. The number of rotatable bonds is 8. The molecule has 0 aliphatic carbocycles. The van der Waals surface area contributed by atoms with Crippen LogP contribution in [0, 0.1) is 0 Å². The number of nitrogens with one attached hydrogen (secondary N) is 1. The Morgan fingerprint density at radius 1 is 0.953 bits per heavy atom. The predicted molar refractivity (Wildman–Crippen MR) is 172 cm³/mol. The highest BCUT2D eigenvalue weighted by Gasteiger charge is 2.30. The fourth-order valence-electron chi connectivity index (χ4n) is 4.26. The molecule has 4 aromatic rings. The fourth-order valence-corrected chi connectivity index (χ4v) is 6.48. The molecule has 10 nitrogen and oxygen atoms in total. The van der Waals surface area contributed by atoms with Gasteiger partial charge in [0, 0.05) is 28.7 Å². The second-order valence-corrected chi connectivity index (χ2v) is 11.7. The van der Waals surface area contributed by atoms with E-state index in [9.17, 15) is 9.59 Å².